The minimum atomic E-state index is -3.42. The van der Waals surface area contributed by atoms with Crippen molar-refractivity contribution in [3.8, 4) is 0 Å². The lowest BCUT2D eigenvalue weighted by Crippen LogP contribution is -2.38. The summed E-state index contributed by atoms with van der Waals surface area (Å²) in [5, 5.41) is 6.36. The fourth-order valence-electron chi connectivity index (χ4n) is 2.30. The van der Waals surface area contributed by atoms with E-state index in [1.54, 1.807) is 32.2 Å². The third-order valence-electron chi connectivity index (χ3n) is 4.07. The Hall–Kier alpha value is -1.24. The van der Waals surface area contributed by atoms with E-state index in [0.29, 0.717) is 22.3 Å². The van der Waals surface area contributed by atoms with E-state index in [-0.39, 0.29) is 35.8 Å². The Balaban J connectivity index is 0.00000392. The van der Waals surface area contributed by atoms with Crippen LogP contribution in [0, 0.1) is 12.7 Å². The van der Waals surface area contributed by atoms with Crippen LogP contribution < -0.4 is 10.6 Å². The second kappa shape index (κ2) is 10.5. The number of sulfonamides is 1. The summed E-state index contributed by atoms with van der Waals surface area (Å²) in [6, 6.07) is 8.38. The number of hydrogen-bond donors (Lipinski definition) is 2. The third-order valence-corrected chi connectivity index (χ3v) is 7.44. The molecule has 2 N–H and O–H groups in total. The van der Waals surface area contributed by atoms with E-state index in [4.69, 9.17) is 0 Å². The lowest BCUT2D eigenvalue weighted by atomic mass is 10.1. The van der Waals surface area contributed by atoms with E-state index < -0.39 is 10.0 Å². The number of halogens is 2. The van der Waals surface area contributed by atoms with Gasteiger partial charge in [-0.1, -0.05) is 12.1 Å². The average molecular weight is 540 g/mol. The number of aliphatic imine (C=N–C) groups is 1. The zero-order valence-electron chi connectivity index (χ0n) is 16.5. The van der Waals surface area contributed by atoms with Gasteiger partial charge in [0, 0.05) is 26.0 Å². The van der Waals surface area contributed by atoms with E-state index in [1.807, 2.05) is 13.0 Å². The monoisotopic (exact) mass is 540 g/mol. The van der Waals surface area contributed by atoms with Crippen molar-refractivity contribution in [3.63, 3.8) is 0 Å². The van der Waals surface area contributed by atoms with E-state index in [9.17, 15) is 12.8 Å². The van der Waals surface area contributed by atoms with E-state index in [0.717, 1.165) is 10.4 Å². The Morgan fingerprint density at radius 2 is 1.96 bits per heavy atom. The second-order valence-corrected chi connectivity index (χ2v) is 9.86. The van der Waals surface area contributed by atoms with Crippen LogP contribution in [0.4, 0.5) is 4.39 Å². The van der Waals surface area contributed by atoms with Crippen LogP contribution in [-0.4, -0.2) is 39.8 Å². The van der Waals surface area contributed by atoms with Crippen LogP contribution in [0.2, 0.25) is 0 Å². The largest absolute Gasteiger partial charge is 0.352 e. The molecular formula is C18H26FIN4O2S2. The lowest BCUT2D eigenvalue weighted by Gasteiger charge is -2.18. The van der Waals surface area contributed by atoms with Crippen LogP contribution in [0.25, 0.3) is 0 Å². The van der Waals surface area contributed by atoms with Crippen molar-refractivity contribution >= 4 is 51.3 Å². The minimum Gasteiger partial charge on any atom is -0.352 e. The van der Waals surface area contributed by atoms with Gasteiger partial charge < -0.3 is 10.6 Å². The number of thiophene rings is 1. The van der Waals surface area contributed by atoms with Crippen molar-refractivity contribution in [2.75, 3.05) is 21.1 Å². The predicted molar refractivity (Wildman–Crippen MR) is 123 cm³/mol. The number of aryl methyl sites for hydroxylation is 1. The molecule has 1 atom stereocenters. The van der Waals surface area contributed by atoms with Gasteiger partial charge in [0.1, 0.15) is 10.0 Å². The molecule has 156 valence electrons. The molecule has 28 heavy (non-hydrogen) atoms. The molecule has 0 aliphatic rings. The maximum absolute atomic E-state index is 13.8. The molecule has 0 aliphatic carbocycles. The number of benzene rings is 1. The molecule has 6 nitrogen and oxygen atoms in total. The maximum atomic E-state index is 13.8. The van der Waals surface area contributed by atoms with Crippen molar-refractivity contribution in [2.45, 2.75) is 30.6 Å². The summed E-state index contributed by atoms with van der Waals surface area (Å²) in [5.74, 6) is 0.311. The summed E-state index contributed by atoms with van der Waals surface area (Å²) in [6.07, 6.45) is 0. The van der Waals surface area contributed by atoms with Crippen LogP contribution in [0.1, 0.15) is 29.0 Å². The molecule has 10 heteroatoms. The molecule has 1 unspecified atom stereocenters. The molecule has 0 amide bonds. The standard InChI is InChI=1S/C18H25FN4O2S2.HI/c1-12-6-7-14(10-16(12)19)13(2)22-18(20-3)21-11-15-8-9-17(26-15)27(24,25)23(4)5;/h6-10,13H,11H2,1-5H3,(H2,20,21,22);1H. The van der Waals surface area contributed by atoms with Gasteiger partial charge in [-0.05, 0) is 43.2 Å². The Labute approximate surface area is 187 Å². The number of guanidine groups is 1. The van der Waals surface area contributed by atoms with Crippen molar-refractivity contribution in [1.29, 1.82) is 0 Å². The van der Waals surface area contributed by atoms with Crippen LogP contribution >= 0.6 is 35.3 Å². The van der Waals surface area contributed by atoms with Gasteiger partial charge in [0.05, 0.1) is 12.6 Å². The first kappa shape index (κ1) is 24.8. The van der Waals surface area contributed by atoms with E-state index in [1.165, 1.54) is 35.8 Å². The molecule has 0 radical (unpaired) electrons. The first-order valence-electron chi connectivity index (χ1n) is 8.39. The number of nitrogens with zero attached hydrogens (tertiary/aromatic N) is 2. The number of rotatable bonds is 6. The summed E-state index contributed by atoms with van der Waals surface area (Å²) in [6.45, 7) is 4.08. The van der Waals surface area contributed by atoms with Crippen LogP contribution in [-0.2, 0) is 16.6 Å². The Morgan fingerprint density at radius 1 is 1.29 bits per heavy atom. The van der Waals surface area contributed by atoms with Crippen LogP contribution in [0.5, 0.6) is 0 Å². The summed E-state index contributed by atoms with van der Waals surface area (Å²) < 4.78 is 39.5. The lowest BCUT2D eigenvalue weighted by molar-refractivity contribution is 0.523. The van der Waals surface area contributed by atoms with Gasteiger partial charge in [-0.15, -0.1) is 35.3 Å². The van der Waals surface area contributed by atoms with Gasteiger partial charge >= 0.3 is 0 Å². The highest BCUT2D eigenvalue weighted by molar-refractivity contribution is 14.0. The maximum Gasteiger partial charge on any atom is 0.252 e. The zero-order valence-corrected chi connectivity index (χ0v) is 20.4. The highest BCUT2D eigenvalue weighted by Gasteiger charge is 2.19. The van der Waals surface area contributed by atoms with Crippen LogP contribution in [0.15, 0.2) is 39.5 Å². The van der Waals surface area contributed by atoms with Crippen molar-refractivity contribution in [2.24, 2.45) is 4.99 Å². The molecule has 0 bridgehead atoms. The van der Waals surface area contributed by atoms with E-state index >= 15 is 0 Å². The molecule has 0 spiro atoms. The van der Waals surface area contributed by atoms with Gasteiger partial charge in [-0.25, -0.2) is 17.1 Å². The molecule has 0 aliphatic heterocycles. The SMILES string of the molecule is CN=C(NCc1ccc(S(=O)(=O)N(C)C)s1)NC(C)c1ccc(C)c(F)c1.I. The molecule has 1 aromatic carbocycles. The first-order chi connectivity index (χ1) is 12.6. The molecule has 0 saturated carbocycles. The number of hydrogen-bond acceptors (Lipinski definition) is 4. The highest BCUT2D eigenvalue weighted by atomic mass is 127. The van der Waals surface area contributed by atoms with Gasteiger partial charge in [-0.3, -0.25) is 4.99 Å². The van der Waals surface area contributed by atoms with Gasteiger partial charge in [0.15, 0.2) is 5.96 Å². The summed E-state index contributed by atoms with van der Waals surface area (Å²) in [4.78, 5) is 5.04. The van der Waals surface area contributed by atoms with Gasteiger partial charge in [-0.2, -0.15) is 0 Å². The zero-order chi connectivity index (χ0) is 20.2. The average Bonchev–Trinajstić information content (AvgIpc) is 3.10. The Bertz CT molecular complexity index is 929. The molecule has 1 heterocycles. The highest BCUT2D eigenvalue weighted by Crippen LogP contribution is 2.23. The van der Waals surface area contributed by atoms with Gasteiger partial charge in [0.25, 0.3) is 10.0 Å². The minimum absolute atomic E-state index is 0. The van der Waals surface area contributed by atoms with Crippen molar-refractivity contribution < 1.29 is 12.8 Å². The molecule has 1 aromatic heterocycles. The van der Waals surface area contributed by atoms with Gasteiger partial charge in [0.2, 0.25) is 0 Å². The van der Waals surface area contributed by atoms with E-state index in [2.05, 4.69) is 15.6 Å². The molecule has 0 saturated heterocycles. The molecule has 0 fully saturated rings. The Morgan fingerprint density at radius 3 is 2.54 bits per heavy atom. The first-order valence-corrected chi connectivity index (χ1v) is 10.6. The fraction of sp³-hybridized carbons (Fsp3) is 0.389. The second-order valence-electron chi connectivity index (χ2n) is 6.31. The third kappa shape index (κ3) is 6.13. The number of nitrogens with one attached hydrogen (secondary N) is 2. The van der Waals surface area contributed by atoms with Crippen molar-refractivity contribution in [3.05, 3.63) is 52.2 Å². The topological polar surface area (TPSA) is 73.8 Å². The Kier molecular flexibility index (Phi) is 9.31. The molecular weight excluding hydrogens is 514 g/mol. The fourth-order valence-corrected chi connectivity index (χ4v) is 4.77. The normalized spacial score (nSPS) is 13.2. The molecule has 2 aromatic rings. The van der Waals surface area contributed by atoms with Crippen LogP contribution in [0.3, 0.4) is 0 Å². The summed E-state index contributed by atoms with van der Waals surface area (Å²) in [5.41, 5.74) is 1.42. The predicted octanol–water partition coefficient (Wildman–Crippen LogP) is 3.49. The quantitative estimate of drug-likeness (QED) is 0.335. The summed E-state index contributed by atoms with van der Waals surface area (Å²) >= 11 is 1.21. The smallest absolute Gasteiger partial charge is 0.252 e. The summed E-state index contributed by atoms with van der Waals surface area (Å²) in [7, 11) is 1.24. The van der Waals surface area contributed by atoms with Crippen molar-refractivity contribution in [1.82, 2.24) is 14.9 Å². The molecule has 2 rings (SSSR count).